The third kappa shape index (κ3) is 6.03. The molecule has 1 heterocycles. The summed E-state index contributed by atoms with van der Waals surface area (Å²) in [6.45, 7) is 5.87. The van der Waals surface area contributed by atoms with E-state index in [-0.39, 0.29) is 17.7 Å². The summed E-state index contributed by atoms with van der Waals surface area (Å²) in [5.74, 6) is 0.724. The molecular formula is C18H24N2O4S. The molecule has 1 amide bonds. The van der Waals surface area contributed by atoms with Gasteiger partial charge in [0, 0.05) is 19.0 Å². The first-order chi connectivity index (χ1) is 11.8. The zero-order chi connectivity index (χ0) is 18.4. The zero-order valence-electron chi connectivity index (χ0n) is 14.7. The van der Waals surface area contributed by atoms with Crippen LogP contribution in [0.3, 0.4) is 0 Å². The number of rotatable bonds is 8. The van der Waals surface area contributed by atoms with E-state index in [4.69, 9.17) is 4.42 Å². The van der Waals surface area contributed by atoms with E-state index in [0.717, 1.165) is 17.7 Å². The topological polar surface area (TPSA) is 88.4 Å². The van der Waals surface area contributed by atoms with E-state index in [0.29, 0.717) is 17.9 Å². The van der Waals surface area contributed by atoms with Crippen molar-refractivity contribution in [3.8, 4) is 0 Å². The molecule has 25 heavy (non-hydrogen) atoms. The average Bonchev–Trinajstić information content (AvgIpc) is 3.01. The van der Waals surface area contributed by atoms with Gasteiger partial charge in [0.25, 0.3) is 5.91 Å². The van der Waals surface area contributed by atoms with Gasteiger partial charge in [-0.15, -0.1) is 0 Å². The number of aryl methyl sites for hydroxylation is 1. The number of hydrogen-bond acceptors (Lipinski definition) is 4. The normalized spacial score (nSPS) is 11.7. The second kappa shape index (κ2) is 8.31. The predicted octanol–water partition coefficient (Wildman–Crippen LogP) is 2.60. The number of amides is 1. The van der Waals surface area contributed by atoms with Crippen LogP contribution >= 0.6 is 0 Å². The van der Waals surface area contributed by atoms with Gasteiger partial charge < -0.3 is 9.73 Å². The number of carbonyl (C=O) groups excluding carboxylic acids is 1. The Morgan fingerprint density at radius 2 is 1.72 bits per heavy atom. The minimum atomic E-state index is -3.34. The summed E-state index contributed by atoms with van der Waals surface area (Å²) in [4.78, 5) is 12.0. The molecule has 2 N–H and O–H groups in total. The summed E-state index contributed by atoms with van der Waals surface area (Å²) < 4.78 is 31.8. The highest BCUT2D eigenvalue weighted by Crippen LogP contribution is 2.10. The number of furan rings is 1. The van der Waals surface area contributed by atoms with E-state index >= 15 is 0 Å². The van der Waals surface area contributed by atoms with Gasteiger partial charge in [0.05, 0.1) is 5.75 Å². The van der Waals surface area contributed by atoms with E-state index in [1.54, 1.807) is 50.2 Å². The maximum atomic E-state index is 12.0. The van der Waals surface area contributed by atoms with Crippen molar-refractivity contribution in [2.45, 2.75) is 45.5 Å². The number of hydrogen-bond donors (Lipinski definition) is 2. The maximum absolute atomic E-state index is 12.0. The molecule has 0 fully saturated rings. The van der Waals surface area contributed by atoms with Crippen LogP contribution in [0.5, 0.6) is 0 Å². The molecule has 0 radical (unpaired) electrons. The average molecular weight is 364 g/mol. The van der Waals surface area contributed by atoms with E-state index < -0.39 is 10.0 Å². The standard InChI is InChI=1S/C18H24N2O4S/c1-4-16-9-10-17(24-16)18(21)19-11-14-5-7-15(8-6-14)12-25(22,23)20-13(2)3/h5-10,13,20H,4,11-12H2,1-3H3,(H,19,21). The zero-order valence-corrected chi connectivity index (χ0v) is 15.5. The molecule has 0 aliphatic carbocycles. The summed E-state index contributed by atoms with van der Waals surface area (Å²) in [6.07, 6.45) is 0.739. The lowest BCUT2D eigenvalue weighted by molar-refractivity contribution is 0.0921. The van der Waals surface area contributed by atoms with Gasteiger partial charge in [-0.1, -0.05) is 31.2 Å². The molecule has 2 rings (SSSR count). The molecule has 136 valence electrons. The molecule has 0 unspecified atom stereocenters. The molecule has 0 saturated carbocycles. The Morgan fingerprint density at radius 3 is 2.28 bits per heavy atom. The van der Waals surface area contributed by atoms with E-state index in [1.165, 1.54) is 0 Å². The van der Waals surface area contributed by atoms with Crippen LogP contribution in [0.2, 0.25) is 0 Å². The van der Waals surface area contributed by atoms with Crippen LogP contribution in [0.1, 0.15) is 48.2 Å². The van der Waals surface area contributed by atoms with Crippen molar-refractivity contribution in [3.05, 3.63) is 59.0 Å². The van der Waals surface area contributed by atoms with E-state index in [9.17, 15) is 13.2 Å². The van der Waals surface area contributed by atoms with Gasteiger partial charge in [-0.2, -0.15) is 0 Å². The minimum absolute atomic E-state index is 0.0655. The molecule has 6 nitrogen and oxygen atoms in total. The van der Waals surface area contributed by atoms with Crippen molar-refractivity contribution >= 4 is 15.9 Å². The van der Waals surface area contributed by atoms with E-state index in [1.807, 2.05) is 6.92 Å². The fraction of sp³-hybridized carbons (Fsp3) is 0.389. The Kier molecular flexibility index (Phi) is 6.39. The SMILES string of the molecule is CCc1ccc(C(=O)NCc2ccc(CS(=O)(=O)NC(C)C)cc2)o1. The summed E-state index contributed by atoms with van der Waals surface area (Å²) in [7, 11) is -3.34. The number of nitrogens with one attached hydrogen (secondary N) is 2. The van der Waals surface area contributed by atoms with Gasteiger partial charge >= 0.3 is 0 Å². The van der Waals surface area contributed by atoms with Crippen LogP contribution in [0.25, 0.3) is 0 Å². The highest BCUT2D eigenvalue weighted by molar-refractivity contribution is 7.88. The largest absolute Gasteiger partial charge is 0.456 e. The molecule has 0 aliphatic rings. The summed E-state index contributed by atoms with van der Waals surface area (Å²) in [5, 5.41) is 2.78. The lowest BCUT2D eigenvalue weighted by atomic mass is 10.1. The van der Waals surface area contributed by atoms with Crippen molar-refractivity contribution in [1.29, 1.82) is 0 Å². The van der Waals surface area contributed by atoms with Crippen LogP contribution < -0.4 is 10.0 Å². The fourth-order valence-corrected chi connectivity index (χ4v) is 3.77. The highest BCUT2D eigenvalue weighted by Gasteiger charge is 2.13. The summed E-state index contributed by atoms with van der Waals surface area (Å²) in [5.41, 5.74) is 1.58. The summed E-state index contributed by atoms with van der Waals surface area (Å²) >= 11 is 0. The first kappa shape index (κ1) is 19.2. The van der Waals surface area contributed by atoms with Gasteiger partial charge in [-0.25, -0.2) is 13.1 Å². The van der Waals surface area contributed by atoms with Gasteiger partial charge in [-0.3, -0.25) is 4.79 Å². The van der Waals surface area contributed by atoms with Gasteiger partial charge in [-0.05, 0) is 37.1 Å². The molecule has 0 atom stereocenters. The molecule has 0 spiro atoms. The number of sulfonamides is 1. The molecule has 0 saturated heterocycles. The van der Waals surface area contributed by atoms with Crippen LogP contribution in [-0.4, -0.2) is 20.4 Å². The van der Waals surface area contributed by atoms with Crippen LogP contribution in [0.4, 0.5) is 0 Å². The number of carbonyl (C=O) groups is 1. The van der Waals surface area contributed by atoms with Crippen molar-refractivity contribution in [3.63, 3.8) is 0 Å². The van der Waals surface area contributed by atoms with E-state index in [2.05, 4.69) is 10.0 Å². The van der Waals surface area contributed by atoms with Crippen LogP contribution in [0.15, 0.2) is 40.8 Å². The van der Waals surface area contributed by atoms with Crippen molar-refractivity contribution in [2.75, 3.05) is 0 Å². The Balaban J connectivity index is 1.91. The third-order valence-corrected chi connectivity index (χ3v) is 5.03. The first-order valence-corrected chi connectivity index (χ1v) is 9.89. The van der Waals surface area contributed by atoms with Gasteiger partial charge in [0.15, 0.2) is 5.76 Å². The Hall–Kier alpha value is -2.12. The molecule has 2 aromatic rings. The number of benzene rings is 1. The monoisotopic (exact) mass is 364 g/mol. The van der Waals surface area contributed by atoms with Gasteiger partial charge in [0.1, 0.15) is 5.76 Å². The van der Waals surface area contributed by atoms with Crippen LogP contribution in [0, 0.1) is 0 Å². The Bertz CT molecular complexity index is 808. The predicted molar refractivity (Wildman–Crippen MR) is 96.6 cm³/mol. The minimum Gasteiger partial charge on any atom is -0.456 e. The molecule has 1 aromatic heterocycles. The fourth-order valence-electron chi connectivity index (χ4n) is 2.33. The molecular weight excluding hydrogens is 340 g/mol. The third-order valence-electron chi connectivity index (χ3n) is 3.48. The van der Waals surface area contributed by atoms with Crippen LogP contribution in [-0.2, 0) is 28.7 Å². The molecule has 0 bridgehead atoms. The highest BCUT2D eigenvalue weighted by atomic mass is 32.2. The Labute approximate surface area is 148 Å². The maximum Gasteiger partial charge on any atom is 0.287 e. The molecule has 0 aliphatic heterocycles. The second-order valence-electron chi connectivity index (χ2n) is 6.15. The molecule has 1 aromatic carbocycles. The summed E-state index contributed by atoms with van der Waals surface area (Å²) in [6, 6.07) is 10.4. The Morgan fingerprint density at radius 1 is 1.08 bits per heavy atom. The van der Waals surface area contributed by atoms with Crippen molar-refractivity contribution < 1.29 is 17.6 Å². The second-order valence-corrected chi connectivity index (χ2v) is 7.90. The smallest absolute Gasteiger partial charge is 0.287 e. The lowest BCUT2D eigenvalue weighted by Gasteiger charge is -2.10. The van der Waals surface area contributed by atoms with Crippen molar-refractivity contribution in [2.24, 2.45) is 0 Å². The lowest BCUT2D eigenvalue weighted by Crippen LogP contribution is -2.31. The first-order valence-electron chi connectivity index (χ1n) is 8.24. The van der Waals surface area contributed by atoms with Gasteiger partial charge in [0.2, 0.25) is 10.0 Å². The quantitative estimate of drug-likeness (QED) is 0.753. The van der Waals surface area contributed by atoms with Crippen molar-refractivity contribution in [1.82, 2.24) is 10.0 Å². The molecule has 7 heteroatoms.